The monoisotopic (exact) mass is 168 g/mol. The van der Waals surface area contributed by atoms with E-state index < -0.39 is 0 Å². The van der Waals surface area contributed by atoms with Crippen LogP contribution in [0.4, 0.5) is 0 Å². The molecule has 0 heterocycles. The average Bonchev–Trinajstić information content (AvgIpc) is 2.11. The molecule has 0 spiro atoms. The molecule has 1 aromatic carbocycles. The van der Waals surface area contributed by atoms with Gasteiger partial charge in [-0.15, -0.1) is 0 Å². The Kier molecular flexibility index (Phi) is 10.7. The predicted octanol–water partition coefficient (Wildman–Crippen LogP) is 2.88. The molecule has 0 radical (unpaired) electrons. The van der Waals surface area contributed by atoms with Crippen LogP contribution in [-0.2, 0) is 4.79 Å². The first-order valence-corrected chi connectivity index (χ1v) is 3.59. The maximum absolute atomic E-state index is 9.75. The van der Waals surface area contributed by atoms with Crippen LogP contribution in [-0.4, -0.2) is 6.47 Å². The molecule has 12 heavy (non-hydrogen) atoms. The average molecular weight is 168 g/mol. The zero-order valence-electron chi connectivity index (χ0n) is 6.78. The van der Waals surface area contributed by atoms with Gasteiger partial charge in [0.1, 0.15) is 5.75 Å². The number of benzene rings is 1. The zero-order valence-corrected chi connectivity index (χ0v) is 6.78. The molecule has 0 aliphatic rings. The lowest BCUT2D eigenvalue weighted by Gasteiger charge is -1.92. The third-order valence-corrected chi connectivity index (χ3v) is 0.927. The summed E-state index contributed by atoms with van der Waals surface area (Å²) in [6.07, 6.45) is 0. The topological polar surface area (TPSA) is 26.3 Å². The largest absolute Gasteiger partial charge is 0.429 e. The molecular formula is C10H16O2. The Morgan fingerprint density at radius 3 is 2.08 bits per heavy atom. The van der Waals surface area contributed by atoms with Crippen molar-refractivity contribution in [2.45, 2.75) is 21.3 Å². The summed E-state index contributed by atoms with van der Waals surface area (Å²) in [5.41, 5.74) is 0. The maximum Gasteiger partial charge on any atom is 0.298 e. The van der Waals surface area contributed by atoms with Gasteiger partial charge in [-0.3, -0.25) is 4.79 Å². The quantitative estimate of drug-likeness (QED) is 0.635. The molecule has 0 saturated heterocycles. The summed E-state index contributed by atoms with van der Waals surface area (Å²) in [7, 11) is 0. The maximum atomic E-state index is 9.75. The van der Waals surface area contributed by atoms with E-state index in [4.69, 9.17) is 0 Å². The van der Waals surface area contributed by atoms with E-state index in [1.165, 1.54) is 0 Å². The van der Waals surface area contributed by atoms with Gasteiger partial charge in [-0.1, -0.05) is 39.5 Å². The fourth-order valence-corrected chi connectivity index (χ4v) is 0.555. The first kappa shape index (κ1) is 13.3. The van der Waals surface area contributed by atoms with Crippen LogP contribution >= 0.6 is 0 Å². The van der Waals surface area contributed by atoms with Gasteiger partial charge in [0, 0.05) is 0 Å². The van der Waals surface area contributed by atoms with Crippen LogP contribution < -0.4 is 4.74 Å². The number of hydrogen-bond acceptors (Lipinski definition) is 2. The van der Waals surface area contributed by atoms with Crippen molar-refractivity contribution in [3.63, 3.8) is 0 Å². The zero-order chi connectivity index (χ0) is 8.53. The molecule has 68 valence electrons. The van der Waals surface area contributed by atoms with Gasteiger partial charge >= 0.3 is 0 Å². The molecule has 0 amide bonds. The van der Waals surface area contributed by atoms with Crippen molar-refractivity contribution < 1.29 is 9.53 Å². The van der Waals surface area contributed by atoms with E-state index in [1.807, 2.05) is 19.9 Å². The fourth-order valence-electron chi connectivity index (χ4n) is 0.555. The van der Waals surface area contributed by atoms with Crippen molar-refractivity contribution in [1.82, 2.24) is 0 Å². The van der Waals surface area contributed by atoms with Gasteiger partial charge in [-0.05, 0) is 12.1 Å². The highest BCUT2D eigenvalue weighted by Gasteiger charge is 1.84. The second kappa shape index (κ2) is 9.69. The van der Waals surface area contributed by atoms with E-state index in [9.17, 15) is 4.79 Å². The first-order valence-electron chi connectivity index (χ1n) is 3.59. The van der Waals surface area contributed by atoms with E-state index in [2.05, 4.69) is 4.74 Å². The Morgan fingerprint density at radius 1 is 1.17 bits per heavy atom. The lowest BCUT2D eigenvalue weighted by atomic mass is 10.3. The number of carbonyl (C=O) groups is 1. The van der Waals surface area contributed by atoms with Crippen LogP contribution in [0.2, 0.25) is 0 Å². The molecule has 2 nitrogen and oxygen atoms in total. The van der Waals surface area contributed by atoms with Crippen molar-refractivity contribution in [3.8, 4) is 5.75 Å². The molecule has 0 saturated carbocycles. The summed E-state index contributed by atoms with van der Waals surface area (Å²) >= 11 is 0. The molecule has 1 aromatic rings. The Hall–Kier alpha value is -1.31. The molecule has 0 fully saturated rings. The molecule has 2 heteroatoms. The minimum absolute atomic E-state index is 0. The molecule has 0 bridgehead atoms. The molecule has 0 N–H and O–H groups in total. The highest BCUT2D eigenvalue weighted by Crippen LogP contribution is 2.05. The number of ether oxygens (including phenoxy) is 1. The predicted molar refractivity (Wildman–Crippen MR) is 51.2 cm³/mol. The summed E-state index contributed by atoms with van der Waals surface area (Å²) in [6, 6.07) is 8.90. The Morgan fingerprint density at radius 2 is 1.67 bits per heavy atom. The van der Waals surface area contributed by atoms with Gasteiger partial charge in [0.25, 0.3) is 6.47 Å². The summed E-state index contributed by atoms with van der Waals surface area (Å²) in [5, 5.41) is 0. The molecule has 0 aromatic heterocycles. The minimum Gasteiger partial charge on any atom is -0.429 e. The lowest BCUT2D eigenvalue weighted by Crippen LogP contribution is -1.85. The van der Waals surface area contributed by atoms with Gasteiger partial charge in [0.15, 0.2) is 0 Å². The fraction of sp³-hybridized carbons (Fsp3) is 0.300. The van der Waals surface area contributed by atoms with Crippen molar-refractivity contribution in [2.24, 2.45) is 0 Å². The van der Waals surface area contributed by atoms with Gasteiger partial charge in [0.2, 0.25) is 0 Å². The molecule has 0 atom stereocenters. The van der Waals surface area contributed by atoms with E-state index in [1.54, 1.807) is 24.3 Å². The normalized spacial score (nSPS) is 6.83. The van der Waals surface area contributed by atoms with Crippen molar-refractivity contribution in [2.75, 3.05) is 0 Å². The lowest BCUT2D eigenvalue weighted by molar-refractivity contribution is -0.120. The van der Waals surface area contributed by atoms with Gasteiger partial charge in [0.05, 0.1) is 0 Å². The summed E-state index contributed by atoms with van der Waals surface area (Å²) in [6.45, 7) is 4.41. The van der Waals surface area contributed by atoms with E-state index >= 15 is 0 Å². The van der Waals surface area contributed by atoms with Crippen LogP contribution in [0.3, 0.4) is 0 Å². The highest BCUT2D eigenvalue weighted by molar-refractivity contribution is 5.44. The first-order chi connectivity index (χ1) is 5.43. The van der Waals surface area contributed by atoms with Gasteiger partial charge in [-0.25, -0.2) is 0 Å². The van der Waals surface area contributed by atoms with E-state index in [0.29, 0.717) is 12.2 Å². The molecule has 1 rings (SSSR count). The molecule has 0 aliphatic carbocycles. The highest BCUT2D eigenvalue weighted by atomic mass is 16.5. The third-order valence-electron chi connectivity index (χ3n) is 0.927. The van der Waals surface area contributed by atoms with Gasteiger partial charge < -0.3 is 4.74 Å². The Balaban J connectivity index is 0. The van der Waals surface area contributed by atoms with Gasteiger partial charge in [-0.2, -0.15) is 0 Å². The van der Waals surface area contributed by atoms with Crippen LogP contribution in [0.25, 0.3) is 0 Å². The van der Waals surface area contributed by atoms with E-state index in [-0.39, 0.29) is 7.43 Å². The van der Waals surface area contributed by atoms with Crippen molar-refractivity contribution >= 4 is 6.47 Å². The molecule has 0 aliphatic heterocycles. The van der Waals surface area contributed by atoms with Crippen LogP contribution in [0.15, 0.2) is 30.3 Å². The number of rotatable bonds is 2. The van der Waals surface area contributed by atoms with Crippen LogP contribution in [0.1, 0.15) is 21.3 Å². The third kappa shape index (κ3) is 5.47. The minimum atomic E-state index is 0. The Labute approximate surface area is 74.2 Å². The smallest absolute Gasteiger partial charge is 0.298 e. The summed E-state index contributed by atoms with van der Waals surface area (Å²) in [5.74, 6) is 0.576. The molecule has 0 unspecified atom stereocenters. The van der Waals surface area contributed by atoms with Crippen LogP contribution in [0, 0.1) is 0 Å². The Bertz CT molecular complexity index is 182. The summed E-state index contributed by atoms with van der Waals surface area (Å²) < 4.78 is 4.53. The van der Waals surface area contributed by atoms with E-state index in [0.717, 1.165) is 0 Å². The number of hydrogen-bond donors (Lipinski definition) is 0. The summed E-state index contributed by atoms with van der Waals surface area (Å²) in [4.78, 5) is 9.75. The van der Waals surface area contributed by atoms with Crippen molar-refractivity contribution in [1.29, 1.82) is 0 Å². The van der Waals surface area contributed by atoms with Crippen molar-refractivity contribution in [3.05, 3.63) is 30.3 Å². The second-order valence-corrected chi connectivity index (χ2v) is 1.53. The second-order valence-electron chi connectivity index (χ2n) is 1.53. The number of carbonyl (C=O) groups excluding carboxylic acids is 1. The van der Waals surface area contributed by atoms with Crippen LogP contribution in [0.5, 0.6) is 5.75 Å². The SMILES string of the molecule is C.CC.O=COc1ccccc1. The number of para-hydroxylation sites is 1. The molecular weight excluding hydrogens is 152 g/mol. The standard InChI is InChI=1S/C7H6O2.C2H6.CH4/c8-6-9-7-4-2-1-3-5-7;1-2;/h1-6H;1-2H3;1H4.